The van der Waals surface area contributed by atoms with Gasteiger partial charge in [0.2, 0.25) is 5.88 Å². The molecule has 188 valence electrons. The number of hydrogen-bond donors (Lipinski definition) is 0. The maximum absolute atomic E-state index is 12.4. The predicted molar refractivity (Wildman–Crippen MR) is 133 cm³/mol. The fourth-order valence-corrected chi connectivity index (χ4v) is 4.68. The number of rotatable bonds is 12. The summed E-state index contributed by atoms with van der Waals surface area (Å²) in [5.41, 5.74) is 1.14. The quantitative estimate of drug-likeness (QED) is 0.192. The lowest BCUT2D eigenvalue weighted by molar-refractivity contribution is -0.150. The molecular formula is C23H25Cl2N2O7P. The van der Waals surface area contributed by atoms with Crippen molar-refractivity contribution in [1.29, 1.82) is 0 Å². The third-order valence-corrected chi connectivity index (χ3v) is 7.27. The minimum Gasteiger partial charge on any atom is -0.479 e. The number of carbonyl (C=O) groups is 1. The van der Waals surface area contributed by atoms with Crippen LogP contribution in [0.15, 0.2) is 42.6 Å². The lowest BCUT2D eigenvalue weighted by atomic mass is 10.3. The van der Waals surface area contributed by atoms with Gasteiger partial charge < -0.3 is 23.3 Å². The molecule has 3 rings (SSSR count). The highest BCUT2D eigenvalue weighted by atomic mass is 35.5. The van der Waals surface area contributed by atoms with Crippen LogP contribution >= 0.6 is 30.8 Å². The first-order chi connectivity index (χ1) is 16.7. The van der Waals surface area contributed by atoms with E-state index in [4.69, 9.17) is 46.5 Å². The van der Waals surface area contributed by atoms with Crippen LogP contribution in [0.5, 0.6) is 17.4 Å². The standard InChI is InChI=1S/C23H25Cl2N2O7P/c1-4-31-35(29,32-5-2)11-10-30-23(28)15(3)33-16-6-8-17(9-7-16)34-22-14-26-20-12-18(24)19(25)13-21(20)27-22/h6-9,12-15H,4-5,10-11H2,1-3H3/t15-/m1/s1. The van der Waals surface area contributed by atoms with Gasteiger partial charge in [-0.25, -0.2) is 14.8 Å². The van der Waals surface area contributed by atoms with Crippen LogP contribution in [-0.4, -0.2) is 48.0 Å². The lowest BCUT2D eigenvalue weighted by Crippen LogP contribution is -2.27. The summed E-state index contributed by atoms with van der Waals surface area (Å²) >= 11 is 12.0. The van der Waals surface area contributed by atoms with Crippen LogP contribution in [0, 0.1) is 0 Å². The van der Waals surface area contributed by atoms with Crippen molar-refractivity contribution in [3.63, 3.8) is 0 Å². The molecule has 0 unspecified atom stereocenters. The molecule has 0 spiro atoms. The molecule has 9 nitrogen and oxygen atoms in total. The van der Waals surface area contributed by atoms with Gasteiger partial charge in [0.25, 0.3) is 0 Å². The number of carbonyl (C=O) groups excluding carboxylic acids is 1. The first-order valence-electron chi connectivity index (χ1n) is 10.8. The normalized spacial score (nSPS) is 12.4. The summed E-state index contributed by atoms with van der Waals surface area (Å²) in [5.74, 6) is 0.596. The Kier molecular flexibility index (Phi) is 9.71. The summed E-state index contributed by atoms with van der Waals surface area (Å²) in [4.78, 5) is 20.9. The smallest absolute Gasteiger partial charge is 0.347 e. The summed E-state index contributed by atoms with van der Waals surface area (Å²) in [6.07, 6.45) is 0.560. The molecule has 0 radical (unpaired) electrons. The summed E-state index contributed by atoms with van der Waals surface area (Å²) < 4.78 is 39.3. The van der Waals surface area contributed by atoms with Crippen molar-refractivity contribution in [2.75, 3.05) is 26.0 Å². The van der Waals surface area contributed by atoms with Gasteiger partial charge in [0.05, 0.1) is 46.7 Å². The Labute approximate surface area is 213 Å². The maximum atomic E-state index is 12.4. The number of aromatic nitrogens is 2. The molecule has 0 N–H and O–H groups in total. The SMILES string of the molecule is CCOP(=O)(CCOC(=O)[C@@H](C)Oc1ccc(Oc2cnc3cc(Cl)c(Cl)cc3n2)cc1)OCC. The first-order valence-corrected chi connectivity index (χ1v) is 13.3. The van der Waals surface area contributed by atoms with Crippen molar-refractivity contribution in [1.82, 2.24) is 9.97 Å². The summed E-state index contributed by atoms with van der Waals surface area (Å²) in [5, 5.41) is 0.768. The molecule has 35 heavy (non-hydrogen) atoms. The van der Waals surface area contributed by atoms with Crippen LogP contribution in [0.2, 0.25) is 10.0 Å². The molecule has 0 fully saturated rings. The van der Waals surface area contributed by atoms with Gasteiger partial charge in [-0.15, -0.1) is 0 Å². The Balaban J connectivity index is 1.53. The fraction of sp³-hybridized carbons (Fsp3) is 0.348. The molecule has 3 aromatic rings. The number of nitrogens with zero attached hydrogens (tertiary/aromatic N) is 2. The topological polar surface area (TPSA) is 106 Å². The van der Waals surface area contributed by atoms with E-state index in [1.54, 1.807) is 57.2 Å². The van der Waals surface area contributed by atoms with Gasteiger partial charge >= 0.3 is 13.6 Å². The summed E-state index contributed by atoms with van der Waals surface area (Å²) in [6.45, 7) is 5.35. The highest BCUT2D eigenvalue weighted by Gasteiger charge is 2.25. The number of hydrogen-bond acceptors (Lipinski definition) is 9. The van der Waals surface area contributed by atoms with E-state index in [9.17, 15) is 9.36 Å². The van der Waals surface area contributed by atoms with Crippen molar-refractivity contribution < 1.29 is 32.6 Å². The van der Waals surface area contributed by atoms with Crippen molar-refractivity contribution in [2.24, 2.45) is 0 Å². The highest BCUT2D eigenvalue weighted by Crippen LogP contribution is 2.47. The number of halogens is 2. The third-order valence-electron chi connectivity index (χ3n) is 4.51. The average Bonchev–Trinajstić information content (AvgIpc) is 2.81. The number of ether oxygens (including phenoxy) is 3. The lowest BCUT2D eigenvalue weighted by Gasteiger charge is -2.18. The van der Waals surface area contributed by atoms with Crippen LogP contribution in [0.3, 0.4) is 0 Å². The maximum Gasteiger partial charge on any atom is 0.347 e. The zero-order chi connectivity index (χ0) is 25.4. The second-order valence-electron chi connectivity index (χ2n) is 7.13. The molecule has 0 saturated heterocycles. The minimum atomic E-state index is -3.28. The van der Waals surface area contributed by atoms with Crippen molar-refractivity contribution in [3.05, 3.63) is 52.6 Å². The molecule has 1 aromatic heterocycles. The van der Waals surface area contributed by atoms with E-state index < -0.39 is 19.7 Å². The van der Waals surface area contributed by atoms with E-state index >= 15 is 0 Å². The summed E-state index contributed by atoms with van der Waals surface area (Å²) in [6, 6.07) is 9.85. The van der Waals surface area contributed by atoms with Gasteiger partial charge in [-0.1, -0.05) is 23.2 Å². The van der Waals surface area contributed by atoms with Crippen molar-refractivity contribution in [3.8, 4) is 17.4 Å². The van der Waals surface area contributed by atoms with E-state index in [1.165, 1.54) is 6.20 Å². The van der Waals surface area contributed by atoms with Crippen LogP contribution in [-0.2, 0) is 23.1 Å². The van der Waals surface area contributed by atoms with E-state index in [0.29, 0.717) is 32.6 Å². The third kappa shape index (κ3) is 7.78. The Hall–Kier alpha value is -2.42. The average molecular weight is 543 g/mol. The van der Waals surface area contributed by atoms with Gasteiger partial charge in [-0.2, -0.15) is 0 Å². The number of benzene rings is 2. The molecule has 1 heterocycles. The van der Waals surface area contributed by atoms with E-state index in [0.717, 1.165) is 0 Å². The Bertz CT molecular complexity index is 1200. The molecule has 0 amide bonds. The van der Waals surface area contributed by atoms with Crippen LogP contribution in [0.1, 0.15) is 20.8 Å². The minimum absolute atomic E-state index is 0.0317. The monoisotopic (exact) mass is 542 g/mol. The summed E-state index contributed by atoms with van der Waals surface area (Å²) in [7, 11) is -3.28. The zero-order valence-corrected chi connectivity index (χ0v) is 21.8. The second kappa shape index (κ2) is 12.5. The predicted octanol–water partition coefficient (Wildman–Crippen LogP) is 6.31. The van der Waals surface area contributed by atoms with Gasteiger partial charge in [0, 0.05) is 0 Å². The van der Waals surface area contributed by atoms with Crippen molar-refractivity contribution >= 4 is 47.8 Å². The highest BCUT2D eigenvalue weighted by molar-refractivity contribution is 7.53. The van der Waals surface area contributed by atoms with Gasteiger partial charge in [-0.3, -0.25) is 4.57 Å². The van der Waals surface area contributed by atoms with Gasteiger partial charge in [-0.05, 0) is 57.2 Å². The molecular weight excluding hydrogens is 518 g/mol. The molecule has 0 aliphatic rings. The molecule has 2 aromatic carbocycles. The molecule has 0 saturated carbocycles. The molecule has 0 bridgehead atoms. The Morgan fingerprint density at radius 1 is 1.00 bits per heavy atom. The van der Waals surface area contributed by atoms with Gasteiger partial charge in [0.15, 0.2) is 6.10 Å². The molecule has 0 aliphatic carbocycles. The van der Waals surface area contributed by atoms with Crippen molar-refractivity contribution in [2.45, 2.75) is 26.9 Å². The first kappa shape index (κ1) is 27.2. The number of fused-ring (bicyclic) bond motifs is 1. The molecule has 0 aliphatic heterocycles. The van der Waals surface area contributed by atoms with Crippen LogP contribution < -0.4 is 9.47 Å². The van der Waals surface area contributed by atoms with E-state index in [1.807, 2.05) is 0 Å². The van der Waals surface area contributed by atoms with Gasteiger partial charge in [0.1, 0.15) is 18.1 Å². The van der Waals surface area contributed by atoms with Crippen LogP contribution in [0.25, 0.3) is 11.0 Å². The van der Waals surface area contributed by atoms with E-state index in [-0.39, 0.29) is 31.9 Å². The van der Waals surface area contributed by atoms with Crippen LogP contribution in [0.4, 0.5) is 0 Å². The number of esters is 1. The largest absolute Gasteiger partial charge is 0.479 e. The Morgan fingerprint density at radius 3 is 2.23 bits per heavy atom. The second-order valence-corrected chi connectivity index (χ2v) is 10.1. The molecule has 12 heteroatoms. The zero-order valence-electron chi connectivity index (χ0n) is 19.4. The molecule has 1 atom stereocenters. The Morgan fingerprint density at radius 2 is 1.60 bits per heavy atom. The fourth-order valence-electron chi connectivity index (χ4n) is 2.93. The van der Waals surface area contributed by atoms with E-state index in [2.05, 4.69) is 9.97 Å².